The van der Waals surface area contributed by atoms with E-state index < -0.39 is 0 Å². The van der Waals surface area contributed by atoms with E-state index in [-0.39, 0.29) is 6.10 Å². The molecule has 1 atom stereocenters. The lowest BCUT2D eigenvalue weighted by atomic mass is 9.93. The van der Waals surface area contributed by atoms with E-state index >= 15 is 0 Å². The third-order valence-corrected chi connectivity index (χ3v) is 6.85. The number of nitrogens with one attached hydrogen (secondary N) is 3. The van der Waals surface area contributed by atoms with Gasteiger partial charge in [-0.15, -0.1) is 0 Å². The van der Waals surface area contributed by atoms with Crippen molar-refractivity contribution in [3.8, 4) is 11.5 Å². The highest BCUT2D eigenvalue weighted by Crippen LogP contribution is 2.37. The molecule has 7 heteroatoms. The summed E-state index contributed by atoms with van der Waals surface area (Å²) in [5.41, 5.74) is 5.37. The van der Waals surface area contributed by atoms with Gasteiger partial charge in [-0.1, -0.05) is 0 Å². The van der Waals surface area contributed by atoms with Crippen molar-refractivity contribution in [2.45, 2.75) is 39.7 Å². The number of ether oxygens (including phenoxy) is 2. The first-order chi connectivity index (χ1) is 16.0. The van der Waals surface area contributed by atoms with Gasteiger partial charge in [0.25, 0.3) is 0 Å². The van der Waals surface area contributed by atoms with Gasteiger partial charge in [0.2, 0.25) is 0 Å². The van der Waals surface area contributed by atoms with Crippen molar-refractivity contribution in [2.75, 3.05) is 25.5 Å². The van der Waals surface area contributed by atoms with Crippen LogP contribution in [0.4, 0.5) is 11.5 Å². The Labute approximate surface area is 193 Å². The number of aromatic nitrogens is 3. The molecule has 0 aliphatic carbocycles. The molecule has 172 valence electrons. The number of rotatable bonds is 6. The summed E-state index contributed by atoms with van der Waals surface area (Å²) in [7, 11) is 1.67. The van der Waals surface area contributed by atoms with E-state index in [1.54, 1.807) is 13.4 Å². The summed E-state index contributed by atoms with van der Waals surface area (Å²) in [5.74, 6) is 2.68. The van der Waals surface area contributed by atoms with Gasteiger partial charge < -0.3 is 25.1 Å². The van der Waals surface area contributed by atoms with Gasteiger partial charge in [0, 0.05) is 33.7 Å². The fourth-order valence-corrected chi connectivity index (χ4v) is 4.70. The Kier molecular flexibility index (Phi) is 5.81. The SMILES string of the molecule is COc1cc2c(Nc3ccc4[nH]c(C)c(C)c4c3)ncnc2cc1OC(C)C1CCNCC1. The molecule has 1 fully saturated rings. The molecule has 3 N–H and O–H groups in total. The van der Waals surface area contributed by atoms with E-state index in [4.69, 9.17) is 9.47 Å². The molecule has 0 spiro atoms. The Bertz CT molecular complexity index is 1290. The van der Waals surface area contributed by atoms with E-state index in [1.807, 2.05) is 12.1 Å². The van der Waals surface area contributed by atoms with Gasteiger partial charge in [-0.2, -0.15) is 0 Å². The van der Waals surface area contributed by atoms with Gasteiger partial charge in [-0.05, 0) is 82.4 Å². The first kappa shape index (κ1) is 21.5. The molecule has 2 aromatic heterocycles. The Balaban J connectivity index is 1.46. The largest absolute Gasteiger partial charge is 0.493 e. The maximum absolute atomic E-state index is 6.37. The zero-order valence-corrected chi connectivity index (χ0v) is 19.7. The molecule has 0 amide bonds. The van der Waals surface area contributed by atoms with Crippen LogP contribution in [0.5, 0.6) is 11.5 Å². The maximum Gasteiger partial charge on any atom is 0.163 e. The fraction of sp³-hybridized carbons (Fsp3) is 0.385. The van der Waals surface area contributed by atoms with Gasteiger partial charge in [0.05, 0.1) is 18.7 Å². The lowest BCUT2D eigenvalue weighted by Gasteiger charge is -2.29. The monoisotopic (exact) mass is 445 g/mol. The first-order valence-electron chi connectivity index (χ1n) is 11.6. The van der Waals surface area contributed by atoms with Crippen LogP contribution < -0.4 is 20.1 Å². The van der Waals surface area contributed by atoms with E-state index in [9.17, 15) is 0 Å². The Morgan fingerprint density at radius 2 is 1.85 bits per heavy atom. The minimum atomic E-state index is 0.109. The summed E-state index contributed by atoms with van der Waals surface area (Å²) in [6, 6.07) is 10.2. The molecule has 5 rings (SSSR count). The summed E-state index contributed by atoms with van der Waals surface area (Å²) in [4.78, 5) is 12.4. The second-order valence-corrected chi connectivity index (χ2v) is 8.91. The minimum Gasteiger partial charge on any atom is -0.493 e. The van der Waals surface area contributed by atoms with Crippen molar-refractivity contribution in [3.05, 3.63) is 47.9 Å². The smallest absolute Gasteiger partial charge is 0.163 e. The van der Waals surface area contributed by atoms with E-state index in [1.165, 1.54) is 16.6 Å². The predicted octanol–water partition coefficient (Wildman–Crippen LogP) is 5.25. The van der Waals surface area contributed by atoms with Crippen LogP contribution in [0.3, 0.4) is 0 Å². The summed E-state index contributed by atoms with van der Waals surface area (Å²) in [5, 5.41) is 8.98. The van der Waals surface area contributed by atoms with Crippen LogP contribution in [0.2, 0.25) is 0 Å². The number of fused-ring (bicyclic) bond motifs is 2. The predicted molar refractivity (Wildman–Crippen MR) is 133 cm³/mol. The molecule has 0 saturated carbocycles. The van der Waals surface area contributed by atoms with Crippen molar-refractivity contribution < 1.29 is 9.47 Å². The average Bonchev–Trinajstić information content (AvgIpc) is 3.12. The third kappa shape index (κ3) is 4.20. The standard InChI is InChI=1S/C26H31N5O2/c1-15-16(2)30-22-6-5-19(11-20(15)22)31-26-21-12-24(32-4)25(13-23(21)28-14-29-26)33-17(3)18-7-9-27-10-8-18/h5-6,11-14,17-18,27,30H,7-10H2,1-4H3,(H,28,29,31). The quantitative estimate of drug-likeness (QED) is 0.376. The maximum atomic E-state index is 6.37. The summed E-state index contributed by atoms with van der Waals surface area (Å²) < 4.78 is 12.1. The summed E-state index contributed by atoms with van der Waals surface area (Å²) >= 11 is 0. The number of aromatic amines is 1. The minimum absolute atomic E-state index is 0.109. The van der Waals surface area contributed by atoms with Crippen molar-refractivity contribution in [1.29, 1.82) is 0 Å². The van der Waals surface area contributed by atoms with Gasteiger partial charge in [-0.25, -0.2) is 9.97 Å². The fourth-order valence-electron chi connectivity index (χ4n) is 4.70. The molecule has 4 aromatic rings. The van der Waals surface area contributed by atoms with Crippen LogP contribution >= 0.6 is 0 Å². The van der Waals surface area contributed by atoms with Crippen molar-refractivity contribution in [1.82, 2.24) is 20.3 Å². The number of piperidine rings is 1. The Morgan fingerprint density at radius 1 is 1.03 bits per heavy atom. The first-order valence-corrected chi connectivity index (χ1v) is 11.6. The van der Waals surface area contributed by atoms with Crippen LogP contribution in [-0.4, -0.2) is 41.3 Å². The number of methoxy groups -OCH3 is 1. The number of H-pyrrole nitrogens is 1. The highest BCUT2D eigenvalue weighted by molar-refractivity contribution is 5.94. The third-order valence-electron chi connectivity index (χ3n) is 6.85. The van der Waals surface area contributed by atoms with Crippen LogP contribution in [0.15, 0.2) is 36.7 Å². The zero-order chi connectivity index (χ0) is 22.9. The highest BCUT2D eigenvalue weighted by Gasteiger charge is 2.23. The zero-order valence-electron chi connectivity index (χ0n) is 19.7. The lowest BCUT2D eigenvalue weighted by Crippen LogP contribution is -2.35. The molecule has 7 nitrogen and oxygen atoms in total. The van der Waals surface area contributed by atoms with Crippen LogP contribution in [0, 0.1) is 19.8 Å². The van der Waals surface area contributed by atoms with Gasteiger partial charge in [-0.3, -0.25) is 0 Å². The molecule has 1 saturated heterocycles. The molecule has 1 aliphatic heterocycles. The number of hydrogen-bond acceptors (Lipinski definition) is 6. The molecule has 0 radical (unpaired) electrons. The van der Waals surface area contributed by atoms with Gasteiger partial charge >= 0.3 is 0 Å². The number of aryl methyl sites for hydroxylation is 2. The number of anilines is 2. The summed E-state index contributed by atoms with van der Waals surface area (Å²) in [6.07, 6.45) is 3.94. The van der Waals surface area contributed by atoms with Crippen molar-refractivity contribution >= 4 is 33.3 Å². The number of benzene rings is 2. The van der Waals surface area contributed by atoms with Gasteiger partial charge in [0.15, 0.2) is 11.5 Å². The highest BCUT2D eigenvalue weighted by atomic mass is 16.5. The molecule has 2 aromatic carbocycles. The van der Waals surface area contributed by atoms with Crippen LogP contribution in [0.1, 0.15) is 31.0 Å². The average molecular weight is 446 g/mol. The second kappa shape index (κ2) is 8.90. The van der Waals surface area contributed by atoms with E-state index in [0.717, 1.165) is 59.6 Å². The molecule has 1 unspecified atom stereocenters. The molecule has 0 bridgehead atoms. The van der Waals surface area contributed by atoms with Crippen molar-refractivity contribution in [2.24, 2.45) is 5.92 Å². The molecular weight excluding hydrogens is 414 g/mol. The molecule has 3 heterocycles. The van der Waals surface area contributed by atoms with Crippen molar-refractivity contribution in [3.63, 3.8) is 0 Å². The Morgan fingerprint density at radius 3 is 2.64 bits per heavy atom. The number of nitrogens with zero attached hydrogens (tertiary/aromatic N) is 2. The van der Waals surface area contributed by atoms with Crippen LogP contribution in [0.25, 0.3) is 21.8 Å². The second-order valence-electron chi connectivity index (χ2n) is 8.91. The molecule has 1 aliphatic rings. The number of hydrogen-bond donors (Lipinski definition) is 3. The lowest BCUT2D eigenvalue weighted by molar-refractivity contribution is 0.124. The summed E-state index contributed by atoms with van der Waals surface area (Å²) in [6.45, 7) is 8.47. The van der Waals surface area contributed by atoms with E-state index in [2.05, 4.69) is 64.6 Å². The Hall–Kier alpha value is -3.32. The normalized spacial score (nSPS) is 15.6. The van der Waals surface area contributed by atoms with E-state index in [0.29, 0.717) is 11.7 Å². The van der Waals surface area contributed by atoms with Crippen LogP contribution in [-0.2, 0) is 0 Å². The van der Waals surface area contributed by atoms with Gasteiger partial charge in [0.1, 0.15) is 12.1 Å². The topological polar surface area (TPSA) is 84.1 Å². The molecular formula is C26H31N5O2. The molecule has 33 heavy (non-hydrogen) atoms.